The van der Waals surface area contributed by atoms with Gasteiger partial charge in [0.15, 0.2) is 0 Å². The SMILES string of the molecule is CC1=C[C@H]([C@@H]2CC(=O)N([C@@H]3CCCC[C@@H]3C)C2=O)C[C@@H]2C(=O)N([C@@H]3CCCC[C@@H]3C)C(=O)[C@H]12. The topological polar surface area (TPSA) is 74.8 Å². The van der Waals surface area contributed by atoms with Crippen LogP contribution in [0.25, 0.3) is 0 Å². The standard InChI is InChI=1S/C27H38N2O4/c1-15-8-4-6-10-21(15)28-23(30)14-19(25(28)31)18-12-17(3)24-20(13-18)26(32)29(27(24)33)22-11-7-5-9-16(22)2/h12,15-16,18-22,24H,4-11,13-14H2,1-3H3/t15-,16-,18-,19-,20-,21+,22+,24+/m0/s1. The number of hydrogen-bond acceptors (Lipinski definition) is 4. The number of carbonyl (C=O) groups excluding carboxylic acids is 4. The lowest BCUT2D eigenvalue weighted by Gasteiger charge is -2.36. The summed E-state index contributed by atoms with van der Waals surface area (Å²) >= 11 is 0. The number of nitrogens with zero attached hydrogens (tertiary/aromatic N) is 2. The van der Waals surface area contributed by atoms with Crippen molar-refractivity contribution < 1.29 is 19.2 Å². The van der Waals surface area contributed by atoms with E-state index >= 15 is 0 Å². The predicted molar refractivity (Wildman–Crippen MR) is 123 cm³/mol. The molecule has 4 amide bonds. The molecule has 4 fully saturated rings. The molecule has 2 saturated heterocycles. The van der Waals surface area contributed by atoms with Gasteiger partial charge < -0.3 is 0 Å². The van der Waals surface area contributed by atoms with Crippen molar-refractivity contribution in [3.05, 3.63) is 11.6 Å². The van der Waals surface area contributed by atoms with E-state index in [0.29, 0.717) is 18.3 Å². The molecule has 2 heterocycles. The van der Waals surface area contributed by atoms with Crippen molar-refractivity contribution in [2.45, 2.75) is 97.1 Å². The van der Waals surface area contributed by atoms with Crippen LogP contribution in [0.5, 0.6) is 0 Å². The fourth-order valence-electron chi connectivity index (χ4n) is 7.63. The lowest BCUT2D eigenvalue weighted by atomic mass is 9.71. The van der Waals surface area contributed by atoms with Gasteiger partial charge in [0.25, 0.3) is 0 Å². The average Bonchev–Trinajstić information content (AvgIpc) is 3.22. The molecule has 180 valence electrons. The Bertz CT molecular complexity index is 895. The predicted octanol–water partition coefficient (Wildman–Crippen LogP) is 4.09. The second-order valence-corrected chi connectivity index (χ2v) is 11.5. The molecule has 0 unspecified atom stereocenters. The first-order valence-corrected chi connectivity index (χ1v) is 13.2. The molecule has 33 heavy (non-hydrogen) atoms. The van der Waals surface area contributed by atoms with E-state index in [2.05, 4.69) is 13.8 Å². The summed E-state index contributed by atoms with van der Waals surface area (Å²) in [6.07, 6.45) is 11.2. The maximum atomic E-state index is 13.5. The van der Waals surface area contributed by atoms with E-state index in [1.165, 1.54) is 0 Å². The Balaban J connectivity index is 1.36. The Kier molecular flexibility index (Phi) is 5.98. The molecule has 6 heteroatoms. The zero-order valence-corrected chi connectivity index (χ0v) is 20.3. The molecule has 0 spiro atoms. The molecule has 3 aliphatic carbocycles. The van der Waals surface area contributed by atoms with Gasteiger partial charge in [-0.2, -0.15) is 0 Å². The first kappa shape index (κ1) is 22.8. The molecular weight excluding hydrogens is 416 g/mol. The highest BCUT2D eigenvalue weighted by Crippen LogP contribution is 2.47. The summed E-state index contributed by atoms with van der Waals surface area (Å²) in [4.78, 5) is 56.5. The van der Waals surface area contributed by atoms with Gasteiger partial charge in [-0.3, -0.25) is 29.0 Å². The maximum Gasteiger partial charge on any atom is 0.237 e. The van der Waals surface area contributed by atoms with Crippen LogP contribution in [0.15, 0.2) is 11.6 Å². The van der Waals surface area contributed by atoms with Gasteiger partial charge in [0, 0.05) is 18.5 Å². The Labute approximate surface area is 197 Å². The van der Waals surface area contributed by atoms with Crippen molar-refractivity contribution >= 4 is 23.6 Å². The van der Waals surface area contributed by atoms with Gasteiger partial charge in [0.2, 0.25) is 23.6 Å². The number of imide groups is 2. The lowest BCUT2D eigenvalue weighted by Crippen LogP contribution is -2.46. The molecule has 0 aromatic heterocycles. The van der Waals surface area contributed by atoms with Gasteiger partial charge in [-0.1, -0.05) is 51.2 Å². The first-order valence-electron chi connectivity index (χ1n) is 13.2. The van der Waals surface area contributed by atoms with E-state index in [-0.39, 0.29) is 59.9 Å². The Morgan fingerprint density at radius 2 is 1.27 bits per heavy atom. The normalized spacial score (nSPS) is 42.1. The number of rotatable bonds is 3. The minimum atomic E-state index is -0.395. The van der Waals surface area contributed by atoms with Crippen LogP contribution in [0, 0.1) is 35.5 Å². The third-order valence-corrected chi connectivity index (χ3v) is 9.48. The van der Waals surface area contributed by atoms with Gasteiger partial charge in [-0.15, -0.1) is 0 Å². The summed E-state index contributed by atoms with van der Waals surface area (Å²) in [6, 6.07) is 0.0247. The van der Waals surface area contributed by atoms with E-state index < -0.39 is 5.92 Å². The Morgan fingerprint density at radius 3 is 1.88 bits per heavy atom. The highest BCUT2D eigenvalue weighted by molar-refractivity contribution is 6.07. The fourth-order valence-corrected chi connectivity index (χ4v) is 7.63. The van der Waals surface area contributed by atoms with Crippen molar-refractivity contribution in [1.29, 1.82) is 0 Å². The summed E-state index contributed by atoms with van der Waals surface area (Å²) < 4.78 is 0. The molecule has 2 saturated carbocycles. The van der Waals surface area contributed by atoms with Crippen molar-refractivity contribution in [3.63, 3.8) is 0 Å². The average molecular weight is 455 g/mol. The largest absolute Gasteiger partial charge is 0.279 e. The number of hydrogen-bond donors (Lipinski definition) is 0. The van der Waals surface area contributed by atoms with Crippen LogP contribution in [0.2, 0.25) is 0 Å². The number of amides is 4. The van der Waals surface area contributed by atoms with E-state index in [1.54, 1.807) is 9.80 Å². The first-order chi connectivity index (χ1) is 15.8. The lowest BCUT2D eigenvalue weighted by molar-refractivity contribution is -0.146. The van der Waals surface area contributed by atoms with Crippen molar-refractivity contribution in [3.8, 4) is 0 Å². The second kappa shape index (κ2) is 8.66. The quantitative estimate of drug-likeness (QED) is 0.476. The molecule has 2 aliphatic heterocycles. The number of fused-ring (bicyclic) bond motifs is 1. The van der Waals surface area contributed by atoms with Crippen LogP contribution < -0.4 is 0 Å². The van der Waals surface area contributed by atoms with Crippen LogP contribution in [-0.4, -0.2) is 45.5 Å². The minimum Gasteiger partial charge on any atom is -0.279 e. The monoisotopic (exact) mass is 454 g/mol. The highest BCUT2D eigenvalue weighted by atomic mass is 16.2. The molecule has 5 rings (SSSR count). The molecule has 0 aromatic rings. The zero-order valence-electron chi connectivity index (χ0n) is 20.3. The van der Waals surface area contributed by atoms with Crippen LogP contribution in [0.4, 0.5) is 0 Å². The van der Waals surface area contributed by atoms with E-state index in [1.807, 2.05) is 13.0 Å². The smallest absolute Gasteiger partial charge is 0.237 e. The summed E-state index contributed by atoms with van der Waals surface area (Å²) in [5.74, 6) is -0.815. The number of likely N-dealkylation sites (tertiary alicyclic amines) is 2. The third kappa shape index (κ3) is 3.68. The minimum absolute atomic E-state index is 0.00794. The summed E-state index contributed by atoms with van der Waals surface area (Å²) in [7, 11) is 0. The Hall–Kier alpha value is -1.98. The van der Waals surface area contributed by atoms with E-state index in [0.717, 1.165) is 56.9 Å². The second-order valence-electron chi connectivity index (χ2n) is 11.5. The molecule has 0 bridgehead atoms. The molecule has 0 radical (unpaired) electrons. The van der Waals surface area contributed by atoms with Gasteiger partial charge in [0.1, 0.15) is 0 Å². The van der Waals surface area contributed by atoms with Crippen LogP contribution in [0.1, 0.15) is 85.0 Å². The zero-order chi connectivity index (χ0) is 23.4. The van der Waals surface area contributed by atoms with Gasteiger partial charge in [0.05, 0.1) is 17.8 Å². The number of carbonyl (C=O) groups is 4. The van der Waals surface area contributed by atoms with Crippen LogP contribution in [0.3, 0.4) is 0 Å². The molecule has 8 atom stereocenters. The molecule has 0 aromatic carbocycles. The van der Waals surface area contributed by atoms with Gasteiger partial charge >= 0.3 is 0 Å². The van der Waals surface area contributed by atoms with E-state index in [4.69, 9.17) is 0 Å². The van der Waals surface area contributed by atoms with Crippen LogP contribution in [-0.2, 0) is 19.2 Å². The molecule has 6 nitrogen and oxygen atoms in total. The maximum absolute atomic E-state index is 13.5. The van der Waals surface area contributed by atoms with Crippen LogP contribution >= 0.6 is 0 Å². The van der Waals surface area contributed by atoms with Gasteiger partial charge in [-0.05, 0) is 56.8 Å². The molecule has 0 N–H and O–H groups in total. The van der Waals surface area contributed by atoms with Gasteiger partial charge in [-0.25, -0.2) is 0 Å². The van der Waals surface area contributed by atoms with E-state index in [9.17, 15) is 19.2 Å². The summed E-state index contributed by atoms with van der Waals surface area (Å²) in [5, 5.41) is 0. The van der Waals surface area contributed by atoms with Crippen molar-refractivity contribution in [1.82, 2.24) is 9.80 Å². The summed E-state index contributed by atoms with van der Waals surface area (Å²) in [5.41, 5.74) is 0.908. The summed E-state index contributed by atoms with van der Waals surface area (Å²) in [6.45, 7) is 6.24. The molecule has 5 aliphatic rings. The Morgan fingerprint density at radius 1 is 0.727 bits per heavy atom. The fraction of sp³-hybridized carbons (Fsp3) is 0.778. The highest BCUT2D eigenvalue weighted by Gasteiger charge is 2.56. The van der Waals surface area contributed by atoms with Crippen molar-refractivity contribution in [2.24, 2.45) is 35.5 Å². The number of allylic oxidation sites excluding steroid dienone is 1. The third-order valence-electron chi connectivity index (χ3n) is 9.48. The van der Waals surface area contributed by atoms with Crippen molar-refractivity contribution in [2.75, 3.05) is 0 Å². The molecular formula is C27H38N2O4.